The number of aromatic nitrogens is 1. The van der Waals surface area contributed by atoms with E-state index in [4.69, 9.17) is 0 Å². The molecule has 2 rings (SSSR count). The van der Waals surface area contributed by atoms with Gasteiger partial charge in [0, 0.05) is 23.8 Å². The first-order chi connectivity index (χ1) is 8.29. The summed E-state index contributed by atoms with van der Waals surface area (Å²) in [6.45, 7) is 1.73. The van der Waals surface area contributed by atoms with Crippen molar-refractivity contribution in [2.24, 2.45) is 0 Å². The van der Waals surface area contributed by atoms with E-state index in [1.807, 2.05) is 17.0 Å². The third-order valence-corrected chi connectivity index (χ3v) is 3.74. The fourth-order valence-corrected chi connectivity index (χ4v) is 2.57. The number of halogens is 1. The van der Waals surface area contributed by atoms with Crippen LogP contribution in [0.1, 0.15) is 42.6 Å². The van der Waals surface area contributed by atoms with Crippen LogP contribution in [0.3, 0.4) is 0 Å². The van der Waals surface area contributed by atoms with E-state index < -0.39 is 0 Å². The molecule has 0 aliphatic carbocycles. The molecule has 0 aromatic carbocycles. The van der Waals surface area contributed by atoms with Gasteiger partial charge in [-0.25, -0.2) is 4.98 Å². The van der Waals surface area contributed by atoms with Crippen molar-refractivity contribution in [3.8, 4) is 0 Å². The predicted octanol–water partition coefficient (Wildman–Crippen LogP) is 3.25. The zero-order valence-electron chi connectivity index (χ0n) is 9.86. The van der Waals surface area contributed by atoms with Crippen molar-refractivity contribution in [3.05, 3.63) is 28.5 Å². The highest BCUT2D eigenvalue weighted by Crippen LogP contribution is 2.18. The molecule has 1 fully saturated rings. The van der Waals surface area contributed by atoms with Gasteiger partial charge in [0.2, 0.25) is 0 Å². The molecule has 0 atom stereocenters. The fraction of sp³-hybridized carbons (Fsp3) is 0.538. The summed E-state index contributed by atoms with van der Waals surface area (Å²) >= 11 is 3.39. The van der Waals surface area contributed by atoms with Crippen LogP contribution in [-0.4, -0.2) is 28.9 Å². The number of hydrogen-bond acceptors (Lipinski definition) is 2. The molecule has 0 radical (unpaired) electrons. The number of hydrogen-bond donors (Lipinski definition) is 0. The Morgan fingerprint density at radius 3 is 2.47 bits per heavy atom. The van der Waals surface area contributed by atoms with Crippen LogP contribution >= 0.6 is 15.9 Å². The Balaban J connectivity index is 2.10. The van der Waals surface area contributed by atoms with Crippen LogP contribution in [0.2, 0.25) is 0 Å². The van der Waals surface area contributed by atoms with Crippen molar-refractivity contribution in [1.29, 1.82) is 0 Å². The molecule has 92 valence electrons. The van der Waals surface area contributed by atoms with Gasteiger partial charge in [0.25, 0.3) is 5.91 Å². The maximum absolute atomic E-state index is 12.3. The molecule has 2 heterocycles. The number of carbonyl (C=O) groups excluding carboxylic acids is 1. The minimum absolute atomic E-state index is 0.0550. The van der Waals surface area contributed by atoms with E-state index in [1.165, 1.54) is 19.3 Å². The summed E-state index contributed by atoms with van der Waals surface area (Å²) in [5.74, 6) is 0.0550. The lowest BCUT2D eigenvalue weighted by Gasteiger charge is -2.24. The highest BCUT2D eigenvalue weighted by Gasteiger charge is 2.19. The number of pyridine rings is 1. The largest absolute Gasteiger partial charge is 0.337 e. The molecule has 1 amide bonds. The lowest BCUT2D eigenvalue weighted by molar-refractivity contribution is 0.0735. The van der Waals surface area contributed by atoms with Crippen molar-refractivity contribution in [3.63, 3.8) is 0 Å². The number of carbonyl (C=O) groups is 1. The van der Waals surface area contributed by atoms with E-state index in [0.29, 0.717) is 5.69 Å². The van der Waals surface area contributed by atoms with Gasteiger partial charge in [-0.2, -0.15) is 0 Å². The second-order valence-corrected chi connectivity index (χ2v) is 5.25. The Kier molecular flexibility index (Phi) is 4.54. The second-order valence-electron chi connectivity index (χ2n) is 4.39. The SMILES string of the molecule is O=C(c1ncccc1Br)N1CCCCCCC1. The van der Waals surface area contributed by atoms with Crippen molar-refractivity contribution in [2.75, 3.05) is 13.1 Å². The molecule has 17 heavy (non-hydrogen) atoms. The highest BCUT2D eigenvalue weighted by molar-refractivity contribution is 9.10. The normalized spacial score (nSPS) is 17.4. The minimum atomic E-state index is 0.0550. The van der Waals surface area contributed by atoms with Crippen molar-refractivity contribution >= 4 is 21.8 Å². The standard InChI is InChI=1S/C13H17BrN2O/c14-11-7-6-8-15-12(11)13(17)16-9-4-2-1-3-5-10-16/h6-8H,1-5,9-10H2. The Morgan fingerprint density at radius 2 is 1.82 bits per heavy atom. The van der Waals surface area contributed by atoms with Gasteiger partial charge >= 0.3 is 0 Å². The van der Waals surface area contributed by atoms with Gasteiger partial charge in [-0.1, -0.05) is 19.3 Å². The van der Waals surface area contributed by atoms with Crippen molar-refractivity contribution in [2.45, 2.75) is 32.1 Å². The average molecular weight is 297 g/mol. The quantitative estimate of drug-likeness (QED) is 0.797. The van der Waals surface area contributed by atoms with E-state index in [2.05, 4.69) is 20.9 Å². The van der Waals surface area contributed by atoms with E-state index in [9.17, 15) is 4.79 Å². The van der Waals surface area contributed by atoms with Crippen LogP contribution in [0.4, 0.5) is 0 Å². The molecular weight excluding hydrogens is 280 g/mol. The number of nitrogens with zero attached hydrogens (tertiary/aromatic N) is 2. The van der Waals surface area contributed by atoms with Crippen LogP contribution in [-0.2, 0) is 0 Å². The van der Waals surface area contributed by atoms with Crippen LogP contribution in [0.5, 0.6) is 0 Å². The van der Waals surface area contributed by atoms with Gasteiger partial charge in [0.05, 0.1) is 0 Å². The Bertz CT molecular complexity index is 387. The Morgan fingerprint density at radius 1 is 1.18 bits per heavy atom. The maximum atomic E-state index is 12.3. The summed E-state index contributed by atoms with van der Waals surface area (Å²) < 4.78 is 0.784. The molecule has 0 N–H and O–H groups in total. The van der Waals surface area contributed by atoms with Gasteiger partial charge in [0.15, 0.2) is 0 Å². The molecule has 1 aliphatic heterocycles. The molecule has 0 spiro atoms. The lowest BCUT2D eigenvalue weighted by Crippen LogP contribution is -2.34. The Labute approximate surface area is 110 Å². The lowest BCUT2D eigenvalue weighted by atomic mass is 10.1. The molecule has 0 unspecified atom stereocenters. The summed E-state index contributed by atoms with van der Waals surface area (Å²) in [4.78, 5) is 18.4. The zero-order chi connectivity index (χ0) is 12.1. The van der Waals surface area contributed by atoms with E-state index in [-0.39, 0.29) is 5.91 Å². The van der Waals surface area contributed by atoms with Gasteiger partial charge < -0.3 is 4.90 Å². The third kappa shape index (κ3) is 3.28. The van der Waals surface area contributed by atoms with Crippen molar-refractivity contribution in [1.82, 2.24) is 9.88 Å². The fourth-order valence-electron chi connectivity index (χ4n) is 2.14. The number of rotatable bonds is 1. The number of likely N-dealkylation sites (tertiary alicyclic amines) is 1. The van der Waals surface area contributed by atoms with Gasteiger partial charge in [0.1, 0.15) is 5.69 Å². The highest BCUT2D eigenvalue weighted by atomic mass is 79.9. The minimum Gasteiger partial charge on any atom is -0.337 e. The molecular formula is C13H17BrN2O. The van der Waals surface area contributed by atoms with Gasteiger partial charge in [-0.05, 0) is 40.9 Å². The zero-order valence-corrected chi connectivity index (χ0v) is 11.4. The molecule has 1 aromatic heterocycles. The first-order valence-corrected chi connectivity index (χ1v) is 6.98. The number of amides is 1. The molecule has 1 aliphatic rings. The molecule has 3 nitrogen and oxygen atoms in total. The predicted molar refractivity (Wildman–Crippen MR) is 70.9 cm³/mol. The first kappa shape index (κ1) is 12.6. The first-order valence-electron chi connectivity index (χ1n) is 6.19. The van der Waals surface area contributed by atoms with Crippen LogP contribution < -0.4 is 0 Å². The monoisotopic (exact) mass is 296 g/mol. The summed E-state index contributed by atoms with van der Waals surface area (Å²) in [7, 11) is 0. The third-order valence-electron chi connectivity index (χ3n) is 3.10. The topological polar surface area (TPSA) is 33.2 Å². The summed E-state index contributed by atoms with van der Waals surface area (Å²) in [5.41, 5.74) is 0.535. The Hall–Kier alpha value is -0.900. The van der Waals surface area contributed by atoms with E-state index in [1.54, 1.807) is 6.20 Å². The van der Waals surface area contributed by atoms with Crippen LogP contribution in [0.25, 0.3) is 0 Å². The smallest absolute Gasteiger partial charge is 0.273 e. The van der Waals surface area contributed by atoms with E-state index in [0.717, 1.165) is 30.4 Å². The van der Waals surface area contributed by atoms with Crippen molar-refractivity contribution < 1.29 is 4.79 Å². The van der Waals surface area contributed by atoms with Crippen LogP contribution in [0.15, 0.2) is 22.8 Å². The average Bonchev–Trinajstić information content (AvgIpc) is 2.28. The van der Waals surface area contributed by atoms with Crippen LogP contribution in [0, 0.1) is 0 Å². The molecule has 0 saturated carbocycles. The molecule has 1 saturated heterocycles. The van der Waals surface area contributed by atoms with E-state index >= 15 is 0 Å². The maximum Gasteiger partial charge on any atom is 0.273 e. The summed E-state index contributed by atoms with van der Waals surface area (Å²) in [6, 6.07) is 3.69. The molecule has 0 bridgehead atoms. The second kappa shape index (κ2) is 6.15. The van der Waals surface area contributed by atoms with Gasteiger partial charge in [-0.15, -0.1) is 0 Å². The summed E-state index contributed by atoms with van der Waals surface area (Å²) in [5, 5.41) is 0. The summed E-state index contributed by atoms with van der Waals surface area (Å²) in [6.07, 6.45) is 7.64. The van der Waals surface area contributed by atoms with Gasteiger partial charge in [-0.3, -0.25) is 4.79 Å². The molecule has 4 heteroatoms. The molecule has 1 aromatic rings.